The van der Waals surface area contributed by atoms with Crippen LogP contribution in [0.3, 0.4) is 0 Å². The standard InChI is InChI=1S/C23H16BrN3O4S/c24-17-9-7-16(8-10-17)22(29)30-18-11-5-15(6-12-18)13-25-27-21(28)14-32-23-26-19-3-1-2-4-20(19)31-23/h1-13H,14H2,(H,27,28)/b25-13-. The van der Waals surface area contributed by atoms with Gasteiger partial charge in [-0.15, -0.1) is 0 Å². The molecule has 0 saturated heterocycles. The summed E-state index contributed by atoms with van der Waals surface area (Å²) in [6.07, 6.45) is 1.50. The maximum atomic E-state index is 12.1. The highest BCUT2D eigenvalue weighted by molar-refractivity contribution is 9.10. The molecule has 32 heavy (non-hydrogen) atoms. The number of oxazole rings is 1. The van der Waals surface area contributed by atoms with Crippen LogP contribution >= 0.6 is 27.7 Å². The van der Waals surface area contributed by atoms with Gasteiger partial charge in [-0.2, -0.15) is 5.10 Å². The van der Waals surface area contributed by atoms with Crippen LogP contribution in [-0.4, -0.2) is 28.8 Å². The van der Waals surface area contributed by atoms with E-state index in [0.29, 0.717) is 22.1 Å². The molecule has 1 amide bonds. The van der Waals surface area contributed by atoms with Crippen LogP contribution in [0.15, 0.2) is 92.0 Å². The maximum Gasteiger partial charge on any atom is 0.343 e. The number of hydrogen-bond donors (Lipinski definition) is 1. The number of thioether (sulfide) groups is 1. The van der Waals surface area contributed by atoms with Crippen molar-refractivity contribution in [2.24, 2.45) is 5.10 Å². The van der Waals surface area contributed by atoms with Crippen LogP contribution in [0.2, 0.25) is 0 Å². The molecular formula is C23H16BrN3O4S. The molecule has 0 saturated carbocycles. The largest absolute Gasteiger partial charge is 0.431 e. The van der Waals surface area contributed by atoms with Crippen molar-refractivity contribution in [1.82, 2.24) is 10.4 Å². The molecule has 1 heterocycles. The van der Waals surface area contributed by atoms with Crippen LogP contribution in [0, 0.1) is 0 Å². The Bertz CT molecular complexity index is 1240. The fourth-order valence-electron chi connectivity index (χ4n) is 2.63. The number of nitrogens with zero attached hydrogens (tertiary/aromatic N) is 2. The molecular weight excluding hydrogens is 494 g/mol. The number of benzene rings is 3. The van der Waals surface area contributed by atoms with Crippen LogP contribution in [0.1, 0.15) is 15.9 Å². The Balaban J connectivity index is 1.24. The third kappa shape index (κ3) is 5.83. The number of ether oxygens (including phenoxy) is 1. The average molecular weight is 510 g/mol. The molecule has 0 aliphatic carbocycles. The van der Waals surface area contributed by atoms with E-state index in [0.717, 1.165) is 15.6 Å². The minimum atomic E-state index is -0.442. The van der Waals surface area contributed by atoms with E-state index in [9.17, 15) is 9.59 Å². The Morgan fingerprint density at radius 2 is 1.81 bits per heavy atom. The van der Waals surface area contributed by atoms with Crippen molar-refractivity contribution in [3.8, 4) is 5.75 Å². The third-order valence-corrected chi connectivity index (χ3v) is 5.53. The molecule has 0 unspecified atom stereocenters. The Morgan fingerprint density at radius 3 is 2.56 bits per heavy atom. The van der Waals surface area contributed by atoms with Gasteiger partial charge in [-0.1, -0.05) is 39.8 Å². The molecule has 0 aliphatic heterocycles. The number of nitrogens with one attached hydrogen (secondary N) is 1. The van der Waals surface area contributed by atoms with Gasteiger partial charge in [0.15, 0.2) is 5.58 Å². The zero-order valence-electron chi connectivity index (χ0n) is 16.5. The van der Waals surface area contributed by atoms with Crippen molar-refractivity contribution in [3.63, 3.8) is 0 Å². The number of carbonyl (C=O) groups is 2. The summed E-state index contributed by atoms with van der Waals surface area (Å²) in [7, 11) is 0. The summed E-state index contributed by atoms with van der Waals surface area (Å²) in [5.41, 5.74) is 5.08. The third-order valence-electron chi connectivity index (χ3n) is 4.17. The topological polar surface area (TPSA) is 93.8 Å². The number of hydrazone groups is 1. The van der Waals surface area contributed by atoms with Gasteiger partial charge < -0.3 is 9.15 Å². The van der Waals surface area contributed by atoms with Gasteiger partial charge in [-0.3, -0.25) is 4.79 Å². The highest BCUT2D eigenvalue weighted by atomic mass is 79.9. The summed E-state index contributed by atoms with van der Waals surface area (Å²) >= 11 is 4.52. The summed E-state index contributed by atoms with van der Waals surface area (Å²) in [6, 6.07) is 21.1. The lowest BCUT2D eigenvalue weighted by Gasteiger charge is -2.04. The van der Waals surface area contributed by atoms with Gasteiger partial charge in [0, 0.05) is 4.47 Å². The van der Waals surface area contributed by atoms with E-state index < -0.39 is 5.97 Å². The summed E-state index contributed by atoms with van der Waals surface area (Å²) in [6.45, 7) is 0. The Kier molecular flexibility index (Phi) is 6.98. The highest BCUT2D eigenvalue weighted by Gasteiger charge is 2.09. The number of rotatable bonds is 7. The smallest absolute Gasteiger partial charge is 0.343 e. The molecule has 0 spiro atoms. The number of para-hydroxylation sites is 2. The first kappa shape index (κ1) is 21.8. The van der Waals surface area contributed by atoms with Gasteiger partial charge in [0.1, 0.15) is 11.3 Å². The number of esters is 1. The lowest BCUT2D eigenvalue weighted by Crippen LogP contribution is -2.19. The minimum absolute atomic E-state index is 0.120. The second-order valence-corrected chi connectivity index (χ2v) is 8.34. The van der Waals surface area contributed by atoms with Gasteiger partial charge in [-0.25, -0.2) is 15.2 Å². The van der Waals surface area contributed by atoms with Gasteiger partial charge >= 0.3 is 5.97 Å². The van der Waals surface area contributed by atoms with E-state index in [1.807, 2.05) is 24.3 Å². The summed E-state index contributed by atoms with van der Waals surface area (Å²) in [4.78, 5) is 28.4. The number of amides is 1. The zero-order valence-corrected chi connectivity index (χ0v) is 18.9. The predicted molar refractivity (Wildman–Crippen MR) is 126 cm³/mol. The fraction of sp³-hybridized carbons (Fsp3) is 0.0435. The number of fused-ring (bicyclic) bond motifs is 1. The van der Waals surface area contributed by atoms with E-state index in [-0.39, 0.29) is 11.7 Å². The first-order valence-electron chi connectivity index (χ1n) is 9.45. The molecule has 0 aliphatic rings. The monoisotopic (exact) mass is 509 g/mol. The average Bonchev–Trinajstić information content (AvgIpc) is 3.22. The van der Waals surface area contributed by atoms with Gasteiger partial charge in [0.25, 0.3) is 11.1 Å². The molecule has 4 rings (SSSR count). The van der Waals surface area contributed by atoms with Crippen molar-refractivity contribution < 1.29 is 18.7 Å². The fourth-order valence-corrected chi connectivity index (χ4v) is 3.52. The molecule has 4 aromatic rings. The molecule has 7 nitrogen and oxygen atoms in total. The van der Waals surface area contributed by atoms with Gasteiger partial charge in [-0.05, 0) is 66.2 Å². The molecule has 9 heteroatoms. The summed E-state index contributed by atoms with van der Waals surface area (Å²) in [5, 5.41) is 4.37. The van der Waals surface area contributed by atoms with E-state index in [1.54, 1.807) is 48.5 Å². The van der Waals surface area contributed by atoms with Crippen molar-refractivity contribution in [3.05, 3.63) is 88.4 Å². The molecule has 160 valence electrons. The quantitative estimate of drug-likeness (QED) is 0.123. The van der Waals surface area contributed by atoms with E-state index in [1.165, 1.54) is 18.0 Å². The van der Waals surface area contributed by atoms with Crippen molar-refractivity contribution in [2.45, 2.75) is 5.22 Å². The van der Waals surface area contributed by atoms with Gasteiger partial charge in [0.2, 0.25) is 0 Å². The SMILES string of the molecule is O=C(CSc1nc2ccccc2o1)N/N=C\c1ccc(OC(=O)c2ccc(Br)cc2)cc1. The molecule has 3 aromatic carbocycles. The van der Waals surface area contributed by atoms with Crippen LogP contribution < -0.4 is 10.2 Å². The molecule has 1 aromatic heterocycles. The lowest BCUT2D eigenvalue weighted by atomic mass is 10.2. The summed E-state index contributed by atoms with van der Waals surface area (Å²) in [5.74, 6) is -0.195. The Morgan fingerprint density at radius 1 is 1.06 bits per heavy atom. The molecule has 0 bridgehead atoms. The molecule has 0 fully saturated rings. The van der Waals surface area contributed by atoms with E-state index in [4.69, 9.17) is 9.15 Å². The first-order valence-corrected chi connectivity index (χ1v) is 11.2. The maximum absolute atomic E-state index is 12.1. The van der Waals surface area contributed by atoms with E-state index >= 15 is 0 Å². The highest BCUT2D eigenvalue weighted by Crippen LogP contribution is 2.22. The van der Waals surface area contributed by atoms with Crippen LogP contribution in [0.5, 0.6) is 5.75 Å². The van der Waals surface area contributed by atoms with Crippen molar-refractivity contribution in [2.75, 3.05) is 5.75 Å². The summed E-state index contributed by atoms with van der Waals surface area (Å²) < 4.78 is 11.8. The second kappa shape index (κ2) is 10.3. The predicted octanol–water partition coefficient (Wildman–Crippen LogP) is 5.05. The van der Waals surface area contributed by atoms with Crippen molar-refractivity contribution >= 4 is 56.9 Å². The zero-order chi connectivity index (χ0) is 22.3. The number of hydrogen-bond acceptors (Lipinski definition) is 7. The number of carbonyl (C=O) groups excluding carboxylic acids is 2. The first-order chi connectivity index (χ1) is 15.6. The van der Waals surface area contributed by atoms with Gasteiger partial charge in [0.05, 0.1) is 17.5 Å². The van der Waals surface area contributed by atoms with Crippen molar-refractivity contribution in [1.29, 1.82) is 0 Å². The Hall–Kier alpha value is -3.43. The molecule has 1 N–H and O–H groups in total. The van der Waals surface area contributed by atoms with Crippen LogP contribution in [0.4, 0.5) is 0 Å². The van der Waals surface area contributed by atoms with Crippen LogP contribution in [-0.2, 0) is 4.79 Å². The molecule has 0 atom stereocenters. The van der Waals surface area contributed by atoms with E-state index in [2.05, 4.69) is 31.4 Å². The molecule has 0 radical (unpaired) electrons. The number of halogens is 1. The minimum Gasteiger partial charge on any atom is -0.431 e. The second-order valence-electron chi connectivity index (χ2n) is 6.49. The number of aromatic nitrogens is 1. The van der Waals surface area contributed by atoms with Crippen LogP contribution in [0.25, 0.3) is 11.1 Å². The Labute approximate surface area is 196 Å². The lowest BCUT2D eigenvalue weighted by molar-refractivity contribution is -0.118. The normalized spacial score (nSPS) is 11.0.